The maximum Gasteiger partial charge on any atom is 0.407 e. The normalized spacial score (nSPS) is 18.1. The van der Waals surface area contributed by atoms with E-state index in [0.717, 1.165) is 71.6 Å². The molecule has 3 aromatic heterocycles. The molecule has 0 bridgehead atoms. The number of nitrogens with one attached hydrogen (secondary N) is 4. The lowest BCUT2D eigenvalue weighted by atomic mass is 10.0. The number of hydrogen-bond donors (Lipinski definition) is 4. The number of carbonyl (C=O) groups is 3. The van der Waals surface area contributed by atoms with E-state index in [0.29, 0.717) is 24.6 Å². The predicted octanol–water partition coefficient (Wildman–Crippen LogP) is 4.54. The minimum absolute atomic E-state index is 0.0903. The van der Waals surface area contributed by atoms with Crippen LogP contribution in [0.4, 0.5) is 4.79 Å². The molecular weight excluding hydrogens is 706 g/mol. The van der Waals surface area contributed by atoms with Crippen molar-refractivity contribution in [2.45, 2.75) is 63.2 Å². The second-order valence-corrected chi connectivity index (χ2v) is 13.4. The van der Waals surface area contributed by atoms with Gasteiger partial charge in [-0.2, -0.15) is 20.3 Å². The van der Waals surface area contributed by atoms with E-state index >= 15 is 0 Å². The number of amides is 3. The number of nitrogens with zero attached hydrogens (tertiary/aromatic N) is 7. The SMILES string of the molecule is COOC=N[C@@H](C)C(=O)N1CCC[C@H]1c1ncc(-c2ccc(-c3ccc(-c4cnc([C@@H]5CCCN5C(=O)[C@H](Cc5cn[nH]n5)NC(=O)OC)[nH]4)cc3)cc2)[nH]1. The average molecular weight is 750 g/mol. The zero-order valence-corrected chi connectivity index (χ0v) is 30.8. The van der Waals surface area contributed by atoms with E-state index in [1.807, 2.05) is 23.2 Å². The maximum absolute atomic E-state index is 13.7. The first kappa shape index (κ1) is 37.0. The van der Waals surface area contributed by atoms with Crippen LogP contribution in [0.1, 0.15) is 62.0 Å². The Morgan fingerprint density at radius 2 is 1.38 bits per heavy atom. The van der Waals surface area contributed by atoms with Gasteiger partial charge in [0.1, 0.15) is 23.7 Å². The van der Waals surface area contributed by atoms with E-state index in [9.17, 15) is 14.4 Å². The van der Waals surface area contributed by atoms with Gasteiger partial charge in [-0.3, -0.25) is 9.59 Å². The summed E-state index contributed by atoms with van der Waals surface area (Å²) in [5.41, 5.74) is 6.31. The number of hydrogen-bond acceptors (Lipinski definition) is 11. The molecule has 7 rings (SSSR count). The smallest absolute Gasteiger partial charge is 0.407 e. The highest BCUT2D eigenvalue weighted by Gasteiger charge is 2.37. The fourth-order valence-electron chi connectivity index (χ4n) is 7.22. The van der Waals surface area contributed by atoms with Crippen molar-refractivity contribution in [2.24, 2.45) is 4.99 Å². The molecule has 2 aliphatic rings. The highest BCUT2D eigenvalue weighted by molar-refractivity contribution is 5.86. The Labute approximate surface area is 316 Å². The van der Waals surface area contributed by atoms with Gasteiger partial charge >= 0.3 is 6.09 Å². The summed E-state index contributed by atoms with van der Waals surface area (Å²) in [6.45, 7) is 2.91. The van der Waals surface area contributed by atoms with Crippen LogP contribution in [0.3, 0.4) is 0 Å². The fraction of sp³-hybridized carbons (Fsp3) is 0.368. The Kier molecular flexibility index (Phi) is 11.3. The number of H-pyrrole nitrogens is 3. The summed E-state index contributed by atoms with van der Waals surface area (Å²) < 4.78 is 4.77. The predicted molar refractivity (Wildman–Crippen MR) is 200 cm³/mol. The number of methoxy groups -OCH3 is 1. The van der Waals surface area contributed by atoms with Gasteiger partial charge in [0.15, 0.2) is 0 Å². The molecule has 0 saturated carbocycles. The van der Waals surface area contributed by atoms with Crippen molar-refractivity contribution < 1.29 is 28.9 Å². The average Bonchev–Trinajstić information content (AvgIpc) is 4.07. The minimum atomic E-state index is -0.871. The molecular formula is C38H43N11O6. The van der Waals surface area contributed by atoms with E-state index < -0.39 is 18.2 Å². The quantitative estimate of drug-likeness (QED) is 0.0572. The van der Waals surface area contributed by atoms with Gasteiger partial charge in [-0.05, 0) is 54.9 Å². The molecule has 3 amide bonds. The van der Waals surface area contributed by atoms with Crippen molar-refractivity contribution in [3.63, 3.8) is 0 Å². The maximum atomic E-state index is 13.7. The Morgan fingerprint density at radius 1 is 0.836 bits per heavy atom. The molecule has 4 N–H and O–H groups in total. The molecule has 17 nitrogen and oxygen atoms in total. The van der Waals surface area contributed by atoms with Crippen molar-refractivity contribution in [3.05, 3.63) is 84.5 Å². The summed E-state index contributed by atoms with van der Waals surface area (Å²) in [6, 6.07) is 14.6. The largest absolute Gasteiger partial charge is 0.453 e. The van der Waals surface area contributed by atoms with Crippen molar-refractivity contribution in [3.8, 4) is 33.6 Å². The van der Waals surface area contributed by atoms with Gasteiger partial charge < -0.3 is 34.7 Å². The molecule has 5 aromatic rings. The highest BCUT2D eigenvalue weighted by Crippen LogP contribution is 2.34. The molecule has 0 radical (unpaired) electrons. The molecule has 0 aliphatic carbocycles. The fourth-order valence-corrected chi connectivity index (χ4v) is 7.22. The first-order valence-electron chi connectivity index (χ1n) is 18.1. The number of alkyl carbamates (subject to hydrolysis) is 1. The Bertz CT molecular complexity index is 2090. The molecule has 17 heteroatoms. The Hall–Kier alpha value is -6.36. The number of aromatic amines is 3. The zero-order valence-electron chi connectivity index (χ0n) is 30.8. The molecule has 286 valence electrons. The van der Waals surface area contributed by atoms with E-state index in [1.165, 1.54) is 20.4 Å². The molecule has 4 atom stereocenters. The Morgan fingerprint density at radius 3 is 1.89 bits per heavy atom. The van der Waals surface area contributed by atoms with Gasteiger partial charge in [0, 0.05) is 19.5 Å². The minimum Gasteiger partial charge on any atom is -0.453 e. The lowest BCUT2D eigenvalue weighted by Gasteiger charge is -2.27. The summed E-state index contributed by atoms with van der Waals surface area (Å²) in [5.74, 6) is 1.11. The Balaban J connectivity index is 0.993. The van der Waals surface area contributed by atoms with Crippen LogP contribution in [0, 0.1) is 0 Å². The third-order valence-electron chi connectivity index (χ3n) is 10.1. The summed E-state index contributed by atoms with van der Waals surface area (Å²) in [4.78, 5) is 72.0. The van der Waals surface area contributed by atoms with Crippen molar-refractivity contribution in [2.75, 3.05) is 27.3 Å². The van der Waals surface area contributed by atoms with E-state index in [4.69, 9.17) is 4.74 Å². The van der Waals surface area contributed by atoms with Crippen LogP contribution in [-0.4, -0.2) is 109 Å². The van der Waals surface area contributed by atoms with E-state index in [-0.39, 0.29) is 30.3 Å². The molecule has 5 heterocycles. The van der Waals surface area contributed by atoms with Crippen LogP contribution in [0.25, 0.3) is 33.6 Å². The van der Waals surface area contributed by atoms with Crippen LogP contribution < -0.4 is 5.32 Å². The first-order chi connectivity index (χ1) is 26.8. The van der Waals surface area contributed by atoms with Crippen molar-refractivity contribution in [1.29, 1.82) is 0 Å². The lowest BCUT2D eigenvalue weighted by molar-refractivity contribution is -0.188. The number of rotatable bonds is 13. The van der Waals surface area contributed by atoms with Gasteiger partial charge in [0.2, 0.25) is 18.2 Å². The lowest BCUT2D eigenvalue weighted by Crippen LogP contribution is -2.49. The number of ether oxygens (including phenoxy) is 1. The summed E-state index contributed by atoms with van der Waals surface area (Å²) in [5, 5.41) is 13.0. The molecule has 2 saturated heterocycles. The standard InChI is InChI=1S/C38H43N11O6/c1-23(41-22-55-54-3)36(50)48-16-4-6-32(48)34-39-20-30(43-34)26-12-8-24(9-13-26)25-10-14-27(15-11-25)31-21-40-35(44-31)33-7-5-17-49(33)37(51)29(45-38(52)53-2)18-28-19-42-47-46-28/h8-15,19-23,29,32-33H,4-7,16-18H2,1-3H3,(H,39,43)(H,40,44)(H,45,52)(H,42,46,47)/t23-,29-,32-,33-/m0/s1. The molecule has 2 aliphatic heterocycles. The molecule has 0 spiro atoms. The molecule has 2 aromatic carbocycles. The number of benzene rings is 2. The van der Waals surface area contributed by atoms with Crippen LogP contribution in [0.2, 0.25) is 0 Å². The number of likely N-dealkylation sites (tertiary alicyclic amines) is 2. The summed E-state index contributed by atoms with van der Waals surface area (Å²) in [6.07, 6.45) is 8.97. The first-order valence-corrected chi connectivity index (χ1v) is 18.1. The van der Waals surface area contributed by atoms with Crippen LogP contribution in [-0.2, 0) is 30.5 Å². The summed E-state index contributed by atoms with van der Waals surface area (Å²) in [7, 11) is 2.63. The third-order valence-corrected chi connectivity index (χ3v) is 10.1. The van der Waals surface area contributed by atoms with Gasteiger partial charge in [0.05, 0.1) is 62.0 Å². The second kappa shape index (κ2) is 16.8. The number of aromatic nitrogens is 7. The van der Waals surface area contributed by atoms with E-state index in [2.05, 4.69) is 91.8 Å². The van der Waals surface area contributed by atoms with Gasteiger partial charge in [-0.1, -0.05) is 48.5 Å². The van der Waals surface area contributed by atoms with Gasteiger partial charge in [-0.15, -0.1) is 0 Å². The van der Waals surface area contributed by atoms with Crippen LogP contribution in [0.15, 0.2) is 72.1 Å². The second-order valence-electron chi connectivity index (χ2n) is 13.4. The van der Waals surface area contributed by atoms with Gasteiger partial charge in [-0.25, -0.2) is 19.8 Å². The van der Waals surface area contributed by atoms with Crippen LogP contribution in [0.5, 0.6) is 0 Å². The molecule has 2 fully saturated rings. The van der Waals surface area contributed by atoms with Crippen molar-refractivity contribution >= 4 is 24.3 Å². The zero-order chi connectivity index (χ0) is 38.3. The third kappa shape index (κ3) is 8.26. The number of imidazole rings is 2. The topological polar surface area (TPSA) is 209 Å². The number of aliphatic imine (C=N–C) groups is 1. The van der Waals surface area contributed by atoms with Gasteiger partial charge in [0.25, 0.3) is 0 Å². The number of carbonyl (C=O) groups excluding carboxylic acids is 3. The monoisotopic (exact) mass is 749 g/mol. The van der Waals surface area contributed by atoms with Crippen LogP contribution >= 0.6 is 0 Å². The van der Waals surface area contributed by atoms with E-state index in [1.54, 1.807) is 18.0 Å². The molecule has 55 heavy (non-hydrogen) atoms. The van der Waals surface area contributed by atoms with Crippen molar-refractivity contribution in [1.82, 2.24) is 50.5 Å². The summed E-state index contributed by atoms with van der Waals surface area (Å²) >= 11 is 0. The highest BCUT2D eigenvalue weighted by atomic mass is 17.2. The molecule has 0 unspecified atom stereocenters.